The minimum atomic E-state index is -0.155. The Hall–Kier alpha value is -6.70. The minimum absolute atomic E-state index is 0.0784. The van der Waals surface area contributed by atoms with Crippen molar-refractivity contribution in [3.63, 3.8) is 0 Å². The third-order valence-corrected chi connectivity index (χ3v) is 14.6. The van der Waals surface area contributed by atoms with Crippen LogP contribution in [0.5, 0.6) is 0 Å². The van der Waals surface area contributed by atoms with Crippen molar-refractivity contribution >= 4 is 38.6 Å². The first-order chi connectivity index (χ1) is 29.0. The summed E-state index contributed by atoms with van der Waals surface area (Å²) in [6.07, 6.45) is 0. The predicted molar refractivity (Wildman–Crippen MR) is 254 cm³/mol. The molecule has 2 aliphatic carbocycles. The topological polar surface area (TPSA) is 3.24 Å². The van der Waals surface area contributed by atoms with Gasteiger partial charge < -0.3 is 4.90 Å². The molecule has 1 nitrogen and oxygen atoms in total. The normalized spacial score (nSPS) is 15.9. The molecule has 0 amide bonds. The van der Waals surface area contributed by atoms with Crippen LogP contribution in [0.1, 0.15) is 74.9 Å². The van der Waals surface area contributed by atoms with Gasteiger partial charge in [0.2, 0.25) is 0 Å². The zero-order valence-electron chi connectivity index (χ0n) is 35.2. The first kappa shape index (κ1) is 35.3. The summed E-state index contributed by atoms with van der Waals surface area (Å²) < 4.78 is 0. The van der Waals surface area contributed by atoms with E-state index in [-0.39, 0.29) is 16.2 Å². The lowest BCUT2D eigenvalue weighted by molar-refractivity contribution is 0.632. The molecular formula is C59H47N. The molecule has 1 heterocycles. The van der Waals surface area contributed by atoms with Gasteiger partial charge in [0.1, 0.15) is 0 Å². The van der Waals surface area contributed by atoms with Gasteiger partial charge in [0.15, 0.2) is 0 Å². The molecule has 1 aliphatic heterocycles. The molecule has 12 rings (SSSR count). The van der Waals surface area contributed by atoms with E-state index >= 15 is 0 Å². The number of hydrogen-bond acceptors (Lipinski definition) is 1. The van der Waals surface area contributed by atoms with E-state index in [1.807, 2.05) is 0 Å². The van der Waals surface area contributed by atoms with Gasteiger partial charge in [0.05, 0.1) is 17.1 Å². The Bertz CT molecular complexity index is 3250. The van der Waals surface area contributed by atoms with E-state index in [1.54, 1.807) is 0 Å². The van der Waals surface area contributed by atoms with Crippen LogP contribution in [-0.4, -0.2) is 0 Å². The summed E-state index contributed by atoms with van der Waals surface area (Å²) in [6.45, 7) is 14.3. The van der Waals surface area contributed by atoms with Crippen molar-refractivity contribution in [1.82, 2.24) is 0 Å². The standard InChI is InChI=1S/C59H47N/c1-57(2)47-21-11-9-17-39(47)41-30-27-37(34-51(41)57)36-28-32-45-46(33-36)55(38-29-31-42-40-18-10-12-22-48(40)58(3,4)52(42)35-38)43-19-7-8-20-44(43)56(45)60-53-25-15-13-23-49(53)59(5,6)50-24-14-16-26-54(50)60/h7-35H,1-6H3. The van der Waals surface area contributed by atoms with E-state index in [4.69, 9.17) is 0 Å². The van der Waals surface area contributed by atoms with Gasteiger partial charge in [-0.05, 0) is 119 Å². The fourth-order valence-electron chi connectivity index (χ4n) is 11.5. The zero-order chi connectivity index (χ0) is 40.7. The Morgan fingerprint density at radius 1 is 0.300 bits per heavy atom. The van der Waals surface area contributed by atoms with Crippen molar-refractivity contribution in [3.8, 4) is 44.5 Å². The molecule has 1 heteroatoms. The van der Waals surface area contributed by atoms with Crippen LogP contribution < -0.4 is 4.90 Å². The van der Waals surface area contributed by atoms with E-state index in [0.717, 1.165) is 0 Å². The highest BCUT2D eigenvalue weighted by atomic mass is 15.2. The van der Waals surface area contributed by atoms with Gasteiger partial charge in [0, 0.05) is 27.0 Å². The molecule has 288 valence electrons. The molecule has 0 aromatic heterocycles. The van der Waals surface area contributed by atoms with E-state index in [2.05, 4.69) is 222 Å². The molecule has 0 radical (unpaired) electrons. The van der Waals surface area contributed by atoms with Gasteiger partial charge in [-0.1, -0.05) is 187 Å². The Kier molecular flexibility index (Phi) is 7.16. The van der Waals surface area contributed by atoms with Crippen molar-refractivity contribution in [3.05, 3.63) is 209 Å². The second kappa shape index (κ2) is 12.2. The van der Waals surface area contributed by atoms with Crippen molar-refractivity contribution in [2.24, 2.45) is 0 Å². The van der Waals surface area contributed by atoms with Crippen LogP contribution >= 0.6 is 0 Å². The summed E-state index contributed by atoms with van der Waals surface area (Å²) in [5, 5.41) is 5.01. The Morgan fingerprint density at radius 2 is 0.700 bits per heavy atom. The zero-order valence-corrected chi connectivity index (χ0v) is 35.2. The summed E-state index contributed by atoms with van der Waals surface area (Å²) in [5.74, 6) is 0. The van der Waals surface area contributed by atoms with Crippen LogP contribution in [0.2, 0.25) is 0 Å². The summed E-state index contributed by atoms with van der Waals surface area (Å²) >= 11 is 0. The first-order valence-corrected chi connectivity index (χ1v) is 21.5. The Balaban J connectivity index is 1.17. The highest BCUT2D eigenvalue weighted by Gasteiger charge is 2.39. The van der Waals surface area contributed by atoms with E-state index in [0.29, 0.717) is 0 Å². The average molecular weight is 770 g/mol. The SMILES string of the molecule is CC1(C)c2ccccc2-c2ccc(-c3ccc4c(N5c6ccccc6C(C)(C)c6ccccc65)c5ccccc5c(-c5ccc6c(c5)C(C)(C)c5ccccc5-6)c4c3)cc21. The molecule has 0 saturated carbocycles. The third-order valence-electron chi connectivity index (χ3n) is 14.6. The van der Waals surface area contributed by atoms with Crippen LogP contribution in [0.4, 0.5) is 17.1 Å². The van der Waals surface area contributed by atoms with Crippen LogP contribution in [-0.2, 0) is 16.2 Å². The number of rotatable bonds is 3. The molecule has 3 aliphatic rings. The van der Waals surface area contributed by atoms with Gasteiger partial charge >= 0.3 is 0 Å². The molecule has 0 atom stereocenters. The predicted octanol–water partition coefficient (Wildman–Crippen LogP) is 16.0. The minimum Gasteiger partial charge on any atom is -0.309 e. The fraction of sp³-hybridized carbons (Fsp3) is 0.153. The van der Waals surface area contributed by atoms with Crippen LogP contribution in [0, 0.1) is 0 Å². The number of para-hydroxylation sites is 2. The van der Waals surface area contributed by atoms with Gasteiger partial charge in [-0.15, -0.1) is 0 Å². The fourth-order valence-corrected chi connectivity index (χ4v) is 11.5. The largest absolute Gasteiger partial charge is 0.309 e. The molecule has 9 aromatic carbocycles. The summed E-state index contributed by atoms with van der Waals surface area (Å²) in [6, 6.07) is 66.9. The molecule has 0 unspecified atom stereocenters. The van der Waals surface area contributed by atoms with Crippen molar-refractivity contribution in [2.45, 2.75) is 57.8 Å². The lowest BCUT2D eigenvalue weighted by Gasteiger charge is -2.42. The molecular weight excluding hydrogens is 723 g/mol. The Morgan fingerprint density at radius 3 is 1.30 bits per heavy atom. The third kappa shape index (κ3) is 4.64. The van der Waals surface area contributed by atoms with Crippen LogP contribution in [0.3, 0.4) is 0 Å². The Labute approximate surface area is 353 Å². The van der Waals surface area contributed by atoms with Gasteiger partial charge in [-0.25, -0.2) is 0 Å². The summed E-state index contributed by atoms with van der Waals surface area (Å²) in [4.78, 5) is 2.57. The van der Waals surface area contributed by atoms with E-state index < -0.39 is 0 Å². The lowest BCUT2D eigenvalue weighted by Crippen LogP contribution is -2.30. The van der Waals surface area contributed by atoms with Crippen molar-refractivity contribution < 1.29 is 0 Å². The highest BCUT2D eigenvalue weighted by Crippen LogP contribution is 2.57. The van der Waals surface area contributed by atoms with Gasteiger partial charge in [0.25, 0.3) is 0 Å². The van der Waals surface area contributed by atoms with Crippen molar-refractivity contribution in [1.29, 1.82) is 0 Å². The lowest BCUT2D eigenvalue weighted by atomic mass is 9.73. The molecule has 9 aromatic rings. The van der Waals surface area contributed by atoms with Gasteiger partial charge in [-0.3, -0.25) is 0 Å². The number of hydrogen-bond donors (Lipinski definition) is 0. The second-order valence-electron chi connectivity index (χ2n) is 18.9. The summed E-state index contributed by atoms with van der Waals surface area (Å²) in [5.41, 5.74) is 22.0. The number of benzene rings is 9. The van der Waals surface area contributed by atoms with E-state index in [9.17, 15) is 0 Å². The molecule has 0 N–H and O–H groups in total. The summed E-state index contributed by atoms with van der Waals surface area (Å²) in [7, 11) is 0. The van der Waals surface area contributed by atoms with E-state index in [1.165, 1.54) is 116 Å². The molecule has 60 heavy (non-hydrogen) atoms. The maximum absolute atomic E-state index is 2.57. The maximum atomic E-state index is 2.57. The smallest absolute Gasteiger partial charge is 0.0619 e. The average Bonchev–Trinajstić information content (AvgIpc) is 3.65. The van der Waals surface area contributed by atoms with Crippen LogP contribution in [0.25, 0.3) is 66.1 Å². The van der Waals surface area contributed by atoms with Gasteiger partial charge in [-0.2, -0.15) is 0 Å². The first-order valence-electron chi connectivity index (χ1n) is 21.5. The van der Waals surface area contributed by atoms with Crippen LogP contribution in [0.15, 0.2) is 176 Å². The second-order valence-corrected chi connectivity index (χ2v) is 18.9. The molecule has 0 bridgehead atoms. The quantitative estimate of drug-likeness (QED) is 0.162. The number of anilines is 3. The monoisotopic (exact) mass is 769 g/mol. The molecule has 0 saturated heterocycles. The molecule has 0 spiro atoms. The number of fused-ring (bicyclic) bond motifs is 10. The highest BCUT2D eigenvalue weighted by molar-refractivity contribution is 6.23. The maximum Gasteiger partial charge on any atom is 0.0619 e. The van der Waals surface area contributed by atoms with Crippen molar-refractivity contribution in [2.75, 3.05) is 4.90 Å². The molecule has 0 fully saturated rings. The number of nitrogens with zero attached hydrogens (tertiary/aromatic N) is 1.